The number of methoxy groups -OCH3 is 1. The molecule has 2 aromatic rings. The molecule has 0 fully saturated rings. The summed E-state index contributed by atoms with van der Waals surface area (Å²) in [5.41, 5.74) is 1.81. The van der Waals surface area contributed by atoms with E-state index in [0.717, 1.165) is 10.0 Å². The van der Waals surface area contributed by atoms with Crippen LogP contribution in [0.4, 0.5) is 0 Å². The van der Waals surface area contributed by atoms with E-state index in [9.17, 15) is 4.79 Å². The van der Waals surface area contributed by atoms with E-state index in [-0.39, 0.29) is 18.0 Å². The molecule has 21 heavy (non-hydrogen) atoms. The van der Waals surface area contributed by atoms with E-state index in [1.807, 2.05) is 30.3 Å². The maximum absolute atomic E-state index is 11.5. The first kappa shape index (κ1) is 15.4. The zero-order chi connectivity index (χ0) is 15.2. The van der Waals surface area contributed by atoms with Crippen LogP contribution in [0.25, 0.3) is 0 Å². The molecular formula is C15H16BrN3O2. The van der Waals surface area contributed by atoms with Crippen LogP contribution in [0, 0.1) is 0 Å². The van der Waals surface area contributed by atoms with Crippen molar-refractivity contribution in [2.45, 2.75) is 19.4 Å². The number of carbonyl (C=O) groups excluding carboxylic acids is 1. The molecule has 1 aromatic carbocycles. The summed E-state index contributed by atoms with van der Waals surface area (Å²) >= 11 is 3.43. The van der Waals surface area contributed by atoms with Gasteiger partial charge in [0.25, 0.3) is 0 Å². The number of nitrogens with zero attached hydrogens (tertiary/aromatic N) is 2. The Balaban J connectivity index is 2.33. The van der Waals surface area contributed by atoms with E-state index in [4.69, 9.17) is 4.74 Å². The van der Waals surface area contributed by atoms with Gasteiger partial charge >= 0.3 is 6.01 Å². The van der Waals surface area contributed by atoms with Crippen LogP contribution in [0.1, 0.15) is 24.2 Å². The first-order valence-electron chi connectivity index (χ1n) is 6.47. The van der Waals surface area contributed by atoms with E-state index in [0.29, 0.717) is 12.1 Å². The zero-order valence-electron chi connectivity index (χ0n) is 11.8. The maximum atomic E-state index is 11.5. The number of aromatic nitrogens is 2. The van der Waals surface area contributed by atoms with Gasteiger partial charge in [-0.3, -0.25) is 4.79 Å². The Morgan fingerprint density at radius 1 is 1.38 bits per heavy atom. The number of hydrogen-bond donors (Lipinski definition) is 1. The van der Waals surface area contributed by atoms with Gasteiger partial charge in [-0.2, -0.15) is 4.98 Å². The lowest BCUT2D eigenvalue weighted by Crippen LogP contribution is -2.29. The second-order valence-corrected chi connectivity index (χ2v) is 5.39. The molecular weight excluding hydrogens is 334 g/mol. The number of amides is 1. The molecule has 110 valence electrons. The van der Waals surface area contributed by atoms with Crippen LogP contribution in [0.5, 0.6) is 6.01 Å². The summed E-state index contributed by atoms with van der Waals surface area (Å²) in [6.45, 7) is 1.49. The quantitative estimate of drug-likeness (QED) is 0.901. The number of hydrogen-bond acceptors (Lipinski definition) is 4. The fourth-order valence-corrected chi connectivity index (χ4v) is 2.48. The van der Waals surface area contributed by atoms with Crippen LogP contribution in [0.3, 0.4) is 0 Å². The first-order chi connectivity index (χ1) is 10.1. The van der Waals surface area contributed by atoms with E-state index < -0.39 is 0 Å². The Morgan fingerprint density at radius 2 is 2.10 bits per heavy atom. The SMILES string of the molecule is COc1ncc(Br)c([C@H](Cc2ccccc2)NC(C)=O)n1. The van der Waals surface area contributed by atoms with Crippen molar-refractivity contribution in [3.05, 3.63) is 52.3 Å². The molecule has 0 aliphatic rings. The Morgan fingerprint density at radius 3 is 2.71 bits per heavy atom. The summed E-state index contributed by atoms with van der Waals surface area (Å²) in [4.78, 5) is 19.9. The van der Waals surface area contributed by atoms with Gasteiger partial charge in [-0.25, -0.2) is 4.98 Å². The van der Waals surface area contributed by atoms with E-state index in [1.165, 1.54) is 14.0 Å². The van der Waals surface area contributed by atoms with Crippen LogP contribution in [0.2, 0.25) is 0 Å². The van der Waals surface area contributed by atoms with Gasteiger partial charge in [0.1, 0.15) is 0 Å². The molecule has 0 saturated heterocycles. The Labute approximate surface area is 131 Å². The minimum Gasteiger partial charge on any atom is -0.467 e. The van der Waals surface area contributed by atoms with Crippen molar-refractivity contribution < 1.29 is 9.53 Å². The third kappa shape index (κ3) is 4.26. The van der Waals surface area contributed by atoms with Gasteiger partial charge in [0.15, 0.2) is 0 Å². The molecule has 0 aliphatic carbocycles. The van der Waals surface area contributed by atoms with Crippen LogP contribution in [-0.4, -0.2) is 23.0 Å². The van der Waals surface area contributed by atoms with Crippen molar-refractivity contribution in [1.29, 1.82) is 0 Å². The molecule has 0 bridgehead atoms. The summed E-state index contributed by atoms with van der Waals surface area (Å²) in [5.74, 6) is -0.111. The molecule has 1 aromatic heterocycles. The molecule has 0 radical (unpaired) electrons. The van der Waals surface area contributed by atoms with E-state index in [1.54, 1.807) is 6.20 Å². The molecule has 0 unspecified atom stereocenters. The fourth-order valence-electron chi connectivity index (χ4n) is 2.02. The van der Waals surface area contributed by atoms with Crippen molar-refractivity contribution in [2.24, 2.45) is 0 Å². The highest BCUT2D eigenvalue weighted by Gasteiger charge is 2.19. The van der Waals surface area contributed by atoms with Gasteiger partial charge in [0.05, 0.1) is 23.3 Å². The average Bonchev–Trinajstić information content (AvgIpc) is 2.48. The lowest BCUT2D eigenvalue weighted by Gasteiger charge is -2.19. The Bertz CT molecular complexity index is 620. The highest BCUT2D eigenvalue weighted by molar-refractivity contribution is 9.10. The average molecular weight is 350 g/mol. The largest absolute Gasteiger partial charge is 0.467 e. The third-order valence-corrected chi connectivity index (χ3v) is 3.53. The Kier molecular flexibility index (Phi) is 5.27. The van der Waals surface area contributed by atoms with Gasteiger partial charge in [-0.15, -0.1) is 0 Å². The summed E-state index contributed by atoms with van der Waals surface area (Å²) in [5, 5.41) is 2.92. The van der Waals surface area contributed by atoms with Crippen molar-refractivity contribution in [3.63, 3.8) is 0 Å². The first-order valence-corrected chi connectivity index (χ1v) is 7.27. The highest BCUT2D eigenvalue weighted by atomic mass is 79.9. The Hall–Kier alpha value is -1.95. The molecule has 1 amide bonds. The highest BCUT2D eigenvalue weighted by Crippen LogP contribution is 2.25. The summed E-state index contributed by atoms with van der Waals surface area (Å²) in [7, 11) is 1.51. The summed E-state index contributed by atoms with van der Waals surface area (Å²) < 4.78 is 5.79. The van der Waals surface area contributed by atoms with Crippen molar-refractivity contribution in [3.8, 4) is 6.01 Å². The molecule has 6 heteroatoms. The second-order valence-electron chi connectivity index (χ2n) is 4.53. The fraction of sp³-hybridized carbons (Fsp3) is 0.267. The summed E-state index contributed by atoms with van der Waals surface area (Å²) in [6.07, 6.45) is 2.26. The van der Waals surface area contributed by atoms with Crippen molar-refractivity contribution in [2.75, 3.05) is 7.11 Å². The standard InChI is InChI=1S/C15H16BrN3O2/c1-10(20)18-13(8-11-6-4-3-5-7-11)14-12(16)9-17-15(19-14)21-2/h3-7,9,13H,8H2,1-2H3,(H,18,20)/t13-/m0/s1. The molecule has 1 N–H and O–H groups in total. The predicted octanol–water partition coefficient (Wildman–Crippen LogP) is 2.67. The molecule has 5 nitrogen and oxygen atoms in total. The van der Waals surface area contributed by atoms with Gasteiger partial charge in [0, 0.05) is 13.1 Å². The van der Waals surface area contributed by atoms with Gasteiger partial charge < -0.3 is 10.1 Å². The molecule has 1 heterocycles. The normalized spacial score (nSPS) is 11.8. The zero-order valence-corrected chi connectivity index (χ0v) is 13.4. The molecule has 0 saturated carbocycles. The lowest BCUT2D eigenvalue weighted by molar-refractivity contribution is -0.119. The van der Waals surface area contributed by atoms with E-state index >= 15 is 0 Å². The van der Waals surface area contributed by atoms with Gasteiger partial charge in [0.2, 0.25) is 5.91 Å². The predicted molar refractivity (Wildman–Crippen MR) is 83.0 cm³/mol. The molecule has 0 spiro atoms. The minimum absolute atomic E-state index is 0.111. The number of ether oxygens (including phenoxy) is 1. The molecule has 1 atom stereocenters. The van der Waals surface area contributed by atoms with Gasteiger partial charge in [-0.05, 0) is 27.9 Å². The second kappa shape index (κ2) is 7.17. The van der Waals surface area contributed by atoms with E-state index in [2.05, 4.69) is 31.2 Å². The minimum atomic E-state index is -0.254. The number of halogens is 1. The number of benzene rings is 1. The smallest absolute Gasteiger partial charge is 0.316 e. The van der Waals surface area contributed by atoms with Crippen LogP contribution >= 0.6 is 15.9 Å². The van der Waals surface area contributed by atoms with Crippen molar-refractivity contribution in [1.82, 2.24) is 15.3 Å². The van der Waals surface area contributed by atoms with Crippen LogP contribution < -0.4 is 10.1 Å². The number of nitrogens with one attached hydrogen (secondary N) is 1. The van der Waals surface area contributed by atoms with Crippen LogP contribution in [0.15, 0.2) is 41.0 Å². The molecule has 2 rings (SSSR count). The maximum Gasteiger partial charge on any atom is 0.316 e. The van der Waals surface area contributed by atoms with Crippen molar-refractivity contribution >= 4 is 21.8 Å². The number of rotatable bonds is 5. The lowest BCUT2D eigenvalue weighted by atomic mass is 10.0. The topological polar surface area (TPSA) is 64.1 Å². The number of carbonyl (C=O) groups is 1. The third-order valence-electron chi connectivity index (χ3n) is 2.92. The summed E-state index contributed by atoms with van der Waals surface area (Å²) in [6, 6.07) is 9.95. The monoisotopic (exact) mass is 349 g/mol. The van der Waals surface area contributed by atoms with Crippen LogP contribution in [-0.2, 0) is 11.2 Å². The van der Waals surface area contributed by atoms with Gasteiger partial charge in [-0.1, -0.05) is 30.3 Å². The molecule has 0 aliphatic heterocycles.